The number of alkyl halides is 1. The molecule has 0 radical (unpaired) electrons. The molecule has 11 rings (SSSR count). The van der Waals surface area contributed by atoms with Gasteiger partial charge in [0.2, 0.25) is 0 Å². The number of carbonyl (C=O) groups is 3. The van der Waals surface area contributed by atoms with Crippen molar-refractivity contribution < 1.29 is 82.2 Å². The minimum Gasteiger partial charge on any atom is -0.494 e. The number of halogens is 2. The zero-order valence-electron chi connectivity index (χ0n) is 74.9. The summed E-state index contributed by atoms with van der Waals surface area (Å²) in [6, 6.07) is 46.7. The molecule has 6 aromatic carbocycles. The molecule has 4 unspecified atom stereocenters. The van der Waals surface area contributed by atoms with Gasteiger partial charge in [-0.2, -0.15) is 0 Å². The van der Waals surface area contributed by atoms with Crippen LogP contribution in [0, 0.1) is 29.6 Å². The van der Waals surface area contributed by atoms with E-state index < -0.39 is 35.6 Å². The lowest BCUT2D eigenvalue weighted by atomic mass is 9.77. The highest BCUT2D eigenvalue weighted by atomic mass is 79.9. The van der Waals surface area contributed by atoms with Crippen molar-refractivity contribution in [2.75, 3.05) is 45.0 Å². The van der Waals surface area contributed by atoms with E-state index >= 15 is 0 Å². The largest absolute Gasteiger partial charge is 0.494 e. The lowest BCUT2D eigenvalue weighted by Gasteiger charge is -2.39. The van der Waals surface area contributed by atoms with E-state index in [2.05, 4.69) is 59.9 Å². The van der Waals surface area contributed by atoms with Gasteiger partial charge in [-0.1, -0.05) is 211 Å². The van der Waals surface area contributed by atoms with Crippen LogP contribution in [0.4, 0.5) is 0 Å². The quantitative estimate of drug-likeness (QED) is 0.00919. The SMILES string of the molecule is C=C(C)C(=O)Oc1ccc(-c2ccc(OCCCCCBr)cc2)cc1.C=C(C)C(=O)Oc1ccc(-c2ccc(OCCCCCCC3CCC(CCC(O)CCO)CC3)cc2)cc1.C=C(C)C(=O)Oc1ccc(-c2ccc(OCCCCCCC3CCC(CCC4CCOC(C)(C)O4)CC3)cc2)cc1.CC1(C)OCC(O)C(CCC2CCC(O)CC2)O1.Cl. The van der Waals surface area contributed by atoms with Crippen LogP contribution in [0.1, 0.15) is 260 Å². The summed E-state index contributed by atoms with van der Waals surface area (Å²) in [7, 11) is 0. The van der Waals surface area contributed by atoms with Crippen molar-refractivity contribution in [2.45, 2.75) is 302 Å². The van der Waals surface area contributed by atoms with Crippen molar-refractivity contribution in [1.29, 1.82) is 0 Å². The Morgan fingerprint density at radius 1 is 0.398 bits per heavy atom. The smallest absolute Gasteiger partial charge is 0.338 e. The Labute approximate surface area is 750 Å². The van der Waals surface area contributed by atoms with Crippen LogP contribution >= 0.6 is 28.3 Å². The Bertz CT molecular complexity index is 3970. The number of hydrogen-bond acceptors (Lipinski definition) is 17. The van der Waals surface area contributed by atoms with Gasteiger partial charge in [-0.05, 0) is 293 Å². The summed E-state index contributed by atoms with van der Waals surface area (Å²) in [6.07, 6.45) is 38.3. The Morgan fingerprint density at radius 3 is 1.07 bits per heavy atom. The van der Waals surface area contributed by atoms with E-state index in [1.54, 1.807) is 57.2 Å². The van der Waals surface area contributed by atoms with E-state index in [1.807, 2.05) is 113 Å². The molecule has 3 aliphatic carbocycles. The second-order valence-corrected chi connectivity index (χ2v) is 36.2. The van der Waals surface area contributed by atoms with Crippen LogP contribution in [0.3, 0.4) is 0 Å². The second kappa shape index (κ2) is 56.1. The van der Waals surface area contributed by atoms with Gasteiger partial charge in [0.1, 0.15) is 40.6 Å². The molecule has 5 aliphatic rings. The summed E-state index contributed by atoms with van der Waals surface area (Å²) in [6.45, 7) is 27.1. The average molecular weight is 1780 g/mol. The molecule has 4 atom stereocenters. The van der Waals surface area contributed by atoms with Gasteiger partial charge < -0.3 is 67.8 Å². The zero-order valence-corrected chi connectivity index (χ0v) is 77.3. The lowest BCUT2D eigenvalue weighted by molar-refractivity contribution is -0.305. The summed E-state index contributed by atoms with van der Waals surface area (Å²) in [5.74, 6) is 6.16. The van der Waals surface area contributed by atoms with Crippen molar-refractivity contribution >= 4 is 46.2 Å². The number of hydrogen-bond donors (Lipinski definition) is 4. The molecule has 0 aromatic heterocycles. The number of unbranched alkanes of at least 4 members (excludes halogenated alkanes) is 8. The Kier molecular flexibility index (Phi) is 46.9. The molecule has 2 heterocycles. The third-order valence-corrected chi connectivity index (χ3v) is 24.6. The average Bonchev–Trinajstić information content (AvgIpc) is 0.844. The number of aliphatic hydroxyl groups excluding tert-OH is 4. The number of esters is 3. The molecule has 3 saturated carbocycles. The molecular formula is C104H146BrClO17. The van der Waals surface area contributed by atoms with E-state index in [-0.39, 0.29) is 37.3 Å². The fraction of sp³-hybridized carbons (Fsp3) is 0.567. The van der Waals surface area contributed by atoms with Crippen LogP contribution in [0.5, 0.6) is 34.5 Å². The Hall–Kier alpha value is -7.20. The highest BCUT2D eigenvalue weighted by Gasteiger charge is 2.36. The first-order valence-electron chi connectivity index (χ1n) is 45.8. The first-order valence-corrected chi connectivity index (χ1v) is 46.9. The minimum atomic E-state index is -0.577. The topological polar surface area (TPSA) is 224 Å². The van der Waals surface area contributed by atoms with Gasteiger partial charge in [0.25, 0.3) is 0 Å². The Morgan fingerprint density at radius 2 is 0.715 bits per heavy atom. The molecule has 19 heteroatoms. The van der Waals surface area contributed by atoms with Crippen molar-refractivity contribution in [1.82, 2.24) is 0 Å². The Balaban J connectivity index is 0.000000234. The highest BCUT2D eigenvalue weighted by Crippen LogP contribution is 2.39. The molecule has 0 spiro atoms. The van der Waals surface area contributed by atoms with E-state index in [0.29, 0.717) is 59.0 Å². The first-order chi connectivity index (χ1) is 58.8. The van der Waals surface area contributed by atoms with E-state index in [0.717, 1.165) is 183 Å². The molecule has 4 N–H and O–H groups in total. The van der Waals surface area contributed by atoms with Gasteiger partial charge >= 0.3 is 17.9 Å². The molecule has 17 nitrogen and oxygen atoms in total. The standard InChI is InChI=1S/C36H50O5.C33H46O5.C21H23BrO3.C14H26O4.ClH/c1-27(2)35(37)40-33-22-17-31(18-23-33)30-15-20-32(21-16-30)38-25-8-6-5-7-9-28-10-12-29(13-11-28)14-19-34-24-26-39-36(3,4)41-34;1-25(2)33(36)38-32-20-15-29(16-21-32)28-13-18-31(19-14-28)37-24-6-4-3-5-7-26-8-10-27(11-9-26)12-17-30(35)22-23-34;1-16(2)21(23)25-20-12-8-18(9-13-20)17-6-10-19(11-7-17)24-15-5-3-4-14-22;1-14(2)17-9-12(16)13(18-14)8-5-10-3-6-11(15)7-4-10;/h15-18,20-23,28-29,34H,1,5-14,19,24-26H2,2-4H3;13-16,18-21,26-27,30,34-35H,1,3-12,17,22-24H2,2H3;6-13H,1,3-5,14-15H2,2H3;10-13,15-16H,3-9H2,1-2H3;1H. The third-order valence-electron chi connectivity index (χ3n) is 24.1. The van der Waals surface area contributed by atoms with E-state index in [9.17, 15) is 29.7 Å². The van der Waals surface area contributed by atoms with E-state index in [1.165, 1.54) is 128 Å². The maximum absolute atomic E-state index is 11.7. The van der Waals surface area contributed by atoms with Crippen molar-refractivity contribution in [3.8, 4) is 67.9 Å². The van der Waals surface area contributed by atoms with Crippen LogP contribution in [0.25, 0.3) is 33.4 Å². The van der Waals surface area contributed by atoms with Crippen molar-refractivity contribution in [3.05, 3.63) is 182 Å². The zero-order chi connectivity index (χ0) is 87.5. The van der Waals surface area contributed by atoms with Crippen molar-refractivity contribution in [3.63, 3.8) is 0 Å². The number of carbonyl (C=O) groups excluding carboxylic acids is 3. The molecule has 123 heavy (non-hydrogen) atoms. The maximum atomic E-state index is 11.7. The monoisotopic (exact) mass is 1780 g/mol. The number of rotatable bonds is 42. The second-order valence-electron chi connectivity index (χ2n) is 35.4. The first kappa shape index (κ1) is 103. The number of aliphatic hydroxyl groups is 4. The fourth-order valence-electron chi connectivity index (χ4n) is 16.5. The summed E-state index contributed by atoms with van der Waals surface area (Å²) >= 11 is 3.43. The molecular weight excluding hydrogens is 1640 g/mol. The minimum absolute atomic E-state index is 0. The van der Waals surface area contributed by atoms with Crippen LogP contribution in [0.15, 0.2) is 182 Å². The highest BCUT2D eigenvalue weighted by molar-refractivity contribution is 9.09. The van der Waals surface area contributed by atoms with Gasteiger partial charge in [0.05, 0.1) is 57.5 Å². The molecule has 678 valence electrons. The predicted molar refractivity (Wildman–Crippen MR) is 499 cm³/mol. The molecule has 0 bridgehead atoms. The summed E-state index contributed by atoms with van der Waals surface area (Å²) in [5, 5.41) is 39.1. The number of benzene rings is 6. The summed E-state index contributed by atoms with van der Waals surface area (Å²) in [4.78, 5) is 34.8. The van der Waals surface area contributed by atoms with Gasteiger partial charge in [-0.3, -0.25) is 0 Å². The molecule has 6 aromatic rings. The van der Waals surface area contributed by atoms with Crippen LogP contribution in [-0.2, 0) is 33.3 Å². The van der Waals surface area contributed by atoms with Gasteiger partial charge in [-0.15, -0.1) is 12.4 Å². The van der Waals surface area contributed by atoms with Gasteiger partial charge in [0, 0.05) is 28.7 Å². The van der Waals surface area contributed by atoms with Gasteiger partial charge in [-0.25, -0.2) is 14.4 Å². The van der Waals surface area contributed by atoms with Crippen LogP contribution in [0.2, 0.25) is 0 Å². The van der Waals surface area contributed by atoms with Crippen LogP contribution < -0.4 is 28.4 Å². The fourth-order valence-corrected chi connectivity index (χ4v) is 16.9. The summed E-state index contributed by atoms with van der Waals surface area (Å²) in [5.41, 5.74) is 7.59. The molecule has 5 fully saturated rings. The predicted octanol–water partition coefficient (Wildman–Crippen LogP) is 24.8. The van der Waals surface area contributed by atoms with Crippen molar-refractivity contribution in [2.24, 2.45) is 29.6 Å². The van der Waals surface area contributed by atoms with Crippen LogP contribution in [-0.4, -0.2) is 125 Å². The number of ether oxygens (including phenoxy) is 10. The van der Waals surface area contributed by atoms with E-state index in [4.69, 9.17) is 52.5 Å². The lowest BCUT2D eigenvalue weighted by Crippen LogP contribution is -2.48. The maximum Gasteiger partial charge on any atom is 0.338 e. The normalized spacial score (nSPS) is 21.0. The molecule has 0 amide bonds. The molecule has 2 saturated heterocycles. The van der Waals surface area contributed by atoms with Gasteiger partial charge in [0.15, 0.2) is 11.6 Å². The molecule has 2 aliphatic heterocycles. The third kappa shape index (κ3) is 40.1. The summed E-state index contributed by atoms with van der Waals surface area (Å²) < 4.78 is 56.4.